The smallest absolute Gasteiger partial charge is 0.426 e. The number of halogens is 6. The summed E-state index contributed by atoms with van der Waals surface area (Å²) in [5.41, 5.74) is -11.3. The molecule has 0 radical (unpaired) electrons. The van der Waals surface area contributed by atoms with Crippen molar-refractivity contribution < 1.29 is 63.7 Å². The number of benzene rings is 1. The van der Waals surface area contributed by atoms with E-state index in [0.29, 0.717) is 5.56 Å². The monoisotopic (exact) mass is 864 g/mol. The summed E-state index contributed by atoms with van der Waals surface area (Å²) >= 11 is 0. The van der Waals surface area contributed by atoms with Crippen LogP contribution in [0.1, 0.15) is 99.1 Å². The van der Waals surface area contributed by atoms with E-state index in [2.05, 4.69) is 44.1 Å². The molecule has 0 spiro atoms. The lowest BCUT2D eigenvalue weighted by Gasteiger charge is -2.38. The summed E-state index contributed by atoms with van der Waals surface area (Å²) in [5, 5.41) is 7.20. The highest BCUT2D eigenvalue weighted by atomic mass is 28.4. The van der Waals surface area contributed by atoms with Crippen LogP contribution >= 0.6 is 0 Å². The lowest BCUT2D eigenvalue weighted by Crippen LogP contribution is -2.45. The fourth-order valence-electron chi connectivity index (χ4n) is 5.20. The van der Waals surface area contributed by atoms with E-state index in [0.717, 1.165) is 0 Å². The second-order valence-electron chi connectivity index (χ2n) is 17.4. The molecule has 59 heavy (non-hydrogen) atoms. The van der Waals surface area contributed by atoms with Crippen LogP contribution in [-0.4, -0.2) is 72.4 Å². The molecule has 2 amide bonds. The molecule has 2 aromatic heterocycles. The van der Waals surface area contributed by atoms with E-state index < -0.39 is 97.0 Å². The summed E-state index contributed by atoms with van der Waals surface area (Å²) in [4.78, 5) is 41.9. The van der Waals surface area contributed by atoms with Gasteiger partial charge in [-0.2, -0.15) is 31.2 Å². The summed E-state index contributed by atoms with van der Waals surface area (Å²) < 4.78 is 123. The number of anilines is 1. The standard InChI is InChI=1S/C39H54F6N4O9Si/c1-24(58-59(11,12)36(8,9)10)22-53-20-16-19-37(39(43,44)45,54-23-25-17-14-13-15-18-25)31-48-47-30(55-31)28-27(21-26(29(50)46-28)38(40,41)42)49(32(51)56-34(2,3)4)33(52)57-35(5,6)7/h13-15,17-18,21,24H,16,19-20,22-23H2,1-12H3,(H,46,50)/t24-,37?/m0/s1. The van der Waals surface area contributed by atoms with Gasteiger partial charge < -0.3 is 32.8 Å². The molecule has 0 bridgehead atoms. The molecule has 0 saturated heterocycles. The number of nitrogens with zero attached hydrogens (tertiary/aromatic N) is 3. The van der Waals surface area contributed by atoms with Crippen LogP contribution < -0.4 is 10.5 Å². The largest absolute Gasteiger partial charge is 0.443 e. The Morgan fingerprint density at radius 1 is 0.881 bits per heavy atom. The summed E-state index contributed by atoms with van der Waals surface area (Å²) in [6.45, 7) is 19.8. The molecular formula is C39H54F6N4O9Si. The van der Waals surface area contributed by atoms with Crippen molar-refractivity contribution in [1.82, 2.24) is 15.2 Å². The Bertz CT molecular complexity index is 1920. The topological polar surface area (TPSA) is 155 Å². The van der Waals surface area contributed by atoms with Gasteiger partial charge in [0, 0.05) is 6.61 Å². The van der Waals surface area contributed by atoms with E-state index in [1.807, 2.05) is 4.98 Å². The van der Waals surface area contributed by atoms with Crippen LogP contribution in [0.2, 0.25) is 18.1 Å². The first-order chi connectivity index (χ1) is 26.8. The van der Waals surface area contributed by atoms with E-state index in [1.54, 1.807) is 25.1 Å². The van der Waals surface area contributed by atoms with Gasteiger partial charge >= 0.3 is 24.5 Å². The molecule has 3 aromatic rings. The van der Waals surface area contributed by atoms with Gasteiger partial charge in [0.25, 0.3) is 17.3 Å². The number of ether oxygens (including phenoxy) is 4. The molecule has 0 saturated carbocycles. The molecule has 0 fully saturated rings. The summed E-state index contributed by atoms with van der Waals surface area (Å²) in [6.07, 6.45) is -15.2. The zero-order valence-electron chi connectivity index (χ0n) is 35.4. The normalized spacial score (nSPS) is 14.7. The molecule has 0 aliphatic heterocycles. The first-order valence-corrected chi connectivity index (χ1v) is 21.6. The third kappa shape index (κ3) is 13.1. The first kappa shape index (κ1) is 49.1. The SMILES string of the molecule is C[C@@H](COCCCC(OCc1ccccc1)(c1nnc(-c2[nH]c(=O)c(C(F)(F)F)cc2N(C(=O)OC(C)(C)C)C(=O)OC(C)(C)C)o1)C(F)(F)F)O[Si](C)(C)C(C)(C)C. The molecule has 2 atom stereocenters. The van der Waals surface area contributed by atoms with Crippen LogP contribution in [0, 0.1) is 0 Å². The number of H-pyrrole nitrogens is 1. The van der Waals surface area contributed by atoms with Crippen molar-refractivity contribution in [3.8, 4) is 11.6 Å². The number of amides is 2. The molecule has 0 aliphatic rings. The van der Waals surface area contributed by atoms with Crippen molar-refractivity contribution in [3.63, 3.8) is 0 Å². The number of alkyl halides is 6. The molecule has 13 nitrogen and oxygen atoms in total. The number of rotatable bonds is 14. The maximum atomic E-state index is 15.5. The van der Waals surface area contributed by atoms with E-state index in [9.17, 15) is 27.6 Å². The Morgan fingerprint density at radius 2 is 1.44 bits per heavy atom. The predicted octanol–water partition coefficient (Wildman–Crippen LogP) is 10.3. The molecule has 20 heteroatoms. The van der Waals surface area contributed by atoms with Crippen molar-refractivity contribution in [1.29, 1.82) is 0 Å². The third-order valence-corrected chi connectivity index (χ3v) is 13.6. The number of carbonyl (C=O) groups excluding carboxylic acids is 2. The van der Waals surface area contributed by atoms with Gasteiger partial charge in [-0.25, -0.2) is 9.59 Å². The Hall–Kier alpha value is -4.27. The molecule has 1 aromatic carbocycles. The predicted molar refractivity (Wildman–Crippen MR) is 207 cm³/mol. The van der Waals surface area contributed by atoms with Crippen molar-refractivity contribution in [2.75, 3.05) is 18.1 Å². The Labute approximate surface area is 340 Å². The van der Waals surface area contributed by atoms with Crippen LogP contribution in [0.4, 0.5) is 41.6 Å². The minimum atomic E-state index is -5.35. The van der Waals surface area contributed by atoms with Gasteiger partial charge in [-0.15, -0.1) is 10.2 Å². The molecule has 1 unspecified atom stereocenters. The van der Waals surface area contributed by atoms with E-state index in [4.69, 9.17) is 27.8 Å². The fourth-order valence-corrected chi connectivity index (χ4v) is 6.62. The number of nitrogens with one attached hydrogen (secondary N) is 1. The second kappa shape index (κ2) is 18.1. The number of hydrogen-bond acceptors (Lipinski definition) is 11. The Kier molecular flexibility index (Phi) is 15.1. The number of aromatic nitrogens is 3. The van der Waals surface area contributed by atoms with Crippen LogP contribution in [-0.2, 0) is 41.8 Å². The quantitative estimate of drug-likeness (QED) is 0.0935. The maximum absolute atomic E-state index is 15.5. The fraction of sp³-hybridized carbons (Fsp3) is 0.615. The third-order valence-electron chi connectivity index (χ3n) is 8.96. The summed E-state index contributed by atoms with van der Waals surface area (Å²) in [6, 6.07) is 8.00. The first-order valence-electron chi connectivity index (χ1n) is 18.7. The zero-order chi connectivity index (χ0) is 45.0. The maximum Gasteiger partial charge on any atom is 0.426 e. The van der Waals surface area contributed by atoms with Crippen molar-refractivity contribution in [3.05, 3.63) is 63.8 Å². The lowest BCUT2D eigenvalue weighted by atomic mass is 9.96. The van der Waals surface area contributed by atoms with Crippen LogP contribution in [0.5, 0.6) is 0 Å². The molecule has 2 heterocycles. The highest BCUT2D eigenvalue weighted by Crippen LogP contribution is 2.47. The molecule has 1 N–H and O–H groups in total. The van der Waals surface area contributed by atoms with E-state index >= 15 is 13.2 Å². The van der Waals surface area contributed by atoms with Gasteiger partial charge in [0.2, 0.25) is 5.60 Å². The number of carbonyl (C=O) groups is 2. The average molecular weight is 865 g/mol. The second-order valence-corrected chi connectivity index (χ2v) is 22.2. The van der Waals surface area contributed by atoms with Crippen LogP contribution in [0.3, 0.4) is 0 Å². The summed E-state index contributed by atoms with van der Waals surface area (Å²) in [5.74, 6) is -2.21. The Morgan fingerprint density at radius 3 is 1.93 bits per heavy atom. The lowest BCUT2D eigenvalue weighted by molar-refractivity contribution is -0.300. The molecular weight excluding hydrogens is 811 g/mol. The van der Waals surface area contributed by atoms with Gasteiger partial charge in [-0.05, 0) is 91.1 Å². The number of aromatic amines is 1. The molecule has 0 aliphatic carbocycles. The van der Waals surface area contributed by atoms with Crippen molar-refractivity contribution in [2.24, 2.45) is 0 Å². The Balaban J connectivity index is 2.17. The highest BCUT2D eigenvalue weighted by Gasteiger charge is 2.61. The van der Waals surface area contributed by atoms with E-state index in [1.165, 1.54) is 53.7 Å². The highest BCUT2D eigenvalue weighted by molar-refractivity contribution is 6.74. The van der Waals surface area contributed by atoms with Gasteiger partial charge in [0.1, 0.15) is 22.5 Å². The summed E-state index contributed by atoms with van der Waals surface area (Å²) in [7, 11) is -2.17. The number of imide groups is 1. The van der Waals surface area contributed by atoms with Crippen molar-refractivity contribution >= 4 is 26.2 Å². The van der Waals surface area contributed by atoms with E-state index in [-0.39, 0.29) is 41.7 Å². The van der Waals surface area contributed by atoms with Crippen molar-refractivity contribution in [2.45, 2.75) is 142 Å². The van der Waals surface area contributed by atoms with Gasteiger partial charge in [0.15, 0.2) is 8.32 Å². The number of pyridine rings is 1. The average Bonchev–Trinajstić information content (AvgIpc) is 3.54. The minimum Gasteiger partial charge on any atom is -0.443 e. The van der Waals surface area contributed by atoms with Gasteiger partial charge in [-0.3, -0.25) is 4.79 Å². The zero-order valence-corrected chi connectivity index (χ0v) is 36.4. The minimum absolute atomic E-state index is 0.0386. The van der Waals surface area contributed by atoms with Crippen LogP contribution in [0.15, 0.2) is 45.6 Å². The van der Waals surface area contributed by atoms with Crippen LogP contribution in [0.25, 0.3) is 11.6 Å². The molecule has 330 valence electrons. The van der Waals surface area contributed by atoms with Gasteiger partial charge in [-0.1, -0.05) is 51.1 Å². The van der Waals surface area contributed by atoms with Gasteiger partial charge in [0.05, 0.1) is 25.0 Å². The molecule has 3 rings (SSSR count). The number of hydrogen-bond donors (Lipinski definition) is 1.